The summed E-state index contributed by atoms with van der Waals surface area (Å²) in [6.07, 6.45) is 0. The summed E-state index contributed by atoms with van der Waals surface area (Å²) in [5.41, 5.74) is 3.01. The van der Waals surface area contributed by atoms with E-state index in [1.54, 1.807) is 11.3 Å². The van der Waals surface area contributed by atoms with Gasteiger partial charge in [-0.15, -0.1) is 11.3 Å². The minimum atomic E-state index is 0.670. The largest absolute Gasteiger partial charge is 0.319 e. The average molecular weight is 199 g/mol. The van der Waals surface area contributed by atoms with Crippen LogP contribution in [-0.4, -0.2) is 25.1 Å². The Morgan fingerprint density at radius 3 is 3.00 bits per heavy atom. The van der Waals surface area contributed by atoms with Crippen LogP contribution in [0.5, 0.6) is 0 Å². The lowest BCUT2D eigenvalue weighted by Gasteiger charge is -2.10. The lowest BCUT2D eigenvalue weighted by molar-refractivity contribution is 0.490. The Morgan fingerprint density at radius 2 is 2.38 bits per heavy atom. The van der Waals surface area contributed by atoms with Gasteiger partial charge in [-0.05, 0) is 26.1 Å². The zero-order chi connectivity index (χ0) is 9.52. The zero-order valence-corrected chi connectivity index (χ0v) is 9.03. The van der Waals surface area contributed by atoms with Crippen LogP contribution in [0.3, 0.4) is 0 Å². The summed E-state index contributed by atoms with van der Waals surface area (Å²) in [5, 5.41) is 8.61. The van der Waals surface area contributed by atoms with Crippen LogP contribution in [0.25, 0.3) is 0 Å². The van der Waals surface area contributed by atoms with Crippen LogP contribution in [0.15, 0.2) is 10.9 Å². The van der Waals surface area contributed by atoms with Crippen molar-refractivity contribution in [1.29, 1.82) is 0 Å². The normalized spacial score (nSPS) is 13.1. The number of hydrogen-bond acceptors (Lipinski definition) is 4. The van der Waals surface area contributed by atoms with E-state index in [4.69, 9.17) is 0 Å². The fourth-order valence-electron chi connectivity index (χ4n) is 1.19. The summed E-state index contributed by atoms with van der Waals surface area (Å²) in [4.78, 5) is 4.20. The van der Waals surface area contributed by atoms with Gasteiger partial charge in [0.15, 0.2) is 0 Å². The van der Waals surface area contributed by atoms with Gasteiger partial charge < -0.3 is 10.6 Å². The highest BCUT2D eigenvalue weighted by Gasteiger charge is 1.99. The molecule has 0 spiro atoms. The molecule has 0 radical (unpaired) electrons. The Morgan fingerprint density at radius 1 is 1.54 bits per heavy atom. The smallest absolute Gasteiger partial charge is 0.0795 e. The Labute approximate surface area is 83.6 Å². The number of aromatic nitrogens is 1. The third-order valence-corrected chi connectivity index (χ3v) is 2.47. The molecule has 2 N–H and O–H groups in total. The first-order chi connectivity index (χ1) is 6.33. The van der Waals surface area contributed by atoms with Crippen molar-refractivity contribution < 1.29 is 0 Å². The molecule has 1 aromatic heterocycles. The second-order valence-corrected chi connectivity index (χ2v) is 3.99. The van der Waals surface area contributed by atoms with Crippen LogP contribution in [-0.2, 0) is 6.54 Å². The molecule has 1 rings (SSSR count). The number of nitrogens with one attached hydrogen (secondary N) is 2. The fraction of sp³-hybridized carbons (Fsp3) is 0.667. The molecule has 0 aromatic carbocycles. The molecular weight excluding hydrogens is 182 g/mol. The number of thiazole rings is 1. The van der Waals surface area contributed by atoms with Crippen LogP contribution < -0.4 is 10.6 Å². The van der Waals surface area contributed by atoms with Crippen molar-refractivity contribution in [3.63, 3.8) is 0 Å². The van der Waals surface area contributed by atoms with Gasteiger partial charge in [-0.3, -0.25) is 0 Å². The van der Waals surface area contributed by atoms with E-state index in [-0.39, 0.29) is 0 Å². The van der Waals surface area contributed by atoms with E-state index in [0.29, 0.717) is 5.92 Å². The molecule has 0 aliphatic rings. The maximum absolute atomic E-state index is 4.20. The van der Waals surface area contributed by atoms with Gasteiger partial charge in [0.2, 0.25) is 0 Å². The van der Waals surface area contributed by atoms with E-state index >= 15 is 0 Å². The zero-order valence-electron chi connectivity index (χ0n) is 8.21. The first-order valence-corrected chi connectivity index (χ1v) is 5.49. The van der Waals surface area contributed by atoms with Gasteiger partial charge in [0.05, 0.1) is 11.2 Å². The number of hydrogen-bond donors (Lipinski definition) is 2. The minimum absolute atomic E-state index is 0.670. The molecule has 0 fully saturated rings. The van der Waals surface area contributed by atoms with Crippen molar-refractivity contribution in [3.8, 4) is 0 Å². The van der Waals surface area contributed by atoms with Crippen LogP contribution in [0.4, 0.5) is 0 Å². The van der Waals surface area contributed by atoms with Crippen molar-refractivity contribution in [1.82, 2.24) is 15.6 Å². The molecule has 0 aliphatic carbocycles. The van der Waals surface area contributed by atoms with Gasteiger partial charge >= 0.3 is 0 Å². The first kappa shape index (κ1) is 10.6. The predicted molar refractivity (Wildman–Crippen MR) is 56.9 cm³/mol. The summed E-state index contributed by atoms with van der Waals surface area (Å²) in [6.45, 7) is 5.21. The van der Waals surface area contributed by atoms with Gasteiger partial charge in [-0.25, -0.2) is 4.98 Å². The number of nitrogens with zero attached hydrogens (tertiary/aromatic N) is 1. The van der Waals surface area contributed by atoms with Crippen molar-refractivity contribution in [3.05, 3.63) is 16.6 Å². The molecule has 0 aliphatic heterocycles. The van der Waals surface area contributed by atoms with E-state index < -0.39 is 0 Å². The van der Waals surface area contributed by atoms with E-state index in [1.807, 2.05) is 12.6 Å². The highest BCUT2D eigenvalue weighted by Crippen LogP contribution is 2.00. The molecule has 0 bridgehead atoms. The van der Waals surface area contributed by atoms with Gasteiger partial charge in [0.1, 0.15) is 0 Å². The quantitative estimate of drug-likeness (QED) is 0.720. The molecule has 3 nitrogen and oxygen atoms in total. The summed E-state index contributed by atoms with van der Waals surface area (Å²) < 4.78 is 0. The minimum Gasteiger partial charge on any atom is -0.319 e. The van der Waals surface area contributed by atoms with Crippen molar-refractivity contribution in [2.75, 3.05) is 20.1 Å². The highest BCUT2D eigenvalue weighted by molar-refractivity contribution is 7.07. The van der Waals surface area contributed by atoms with Crippen molar-refractivity contribution >= 4 is 11.3 Å². The maximum Gasteiger partial charge on any atom is 0.0795 e. The van der Waals surface area contributed by atoms with Gasteiger partial charge in [0.25, 0.3) is 0 Å². The average Bonchev–Trinajstić information content (AvgIpc) is 2.57. The molecule has 74 valence electrons. The molecule has 0 amide bonds. The summed E-state index contributed by atoms with van der Waals surface area (Å²) >= 11 is 1.65. The van der Waals surface area contributed by atoms with Gasteiger partial charge in [-0.2, -0.15) is 0 Å². The Hall–Kier alpha value is -0.450. The van der Waals surface area contributed by atoms with E-state index in [2.05, 4.69) is 27.9 Å². The van der Waals surface area contributed by atoms with E-state index in [0.717, 1.165) is 25.3 Å². The summed E-state index contributed by atoms with van der Waals surface area (Å²) in [7, 11) is 1.98. The van der Waals surface area contributed by atoms with Crippen LogP contribution in [0.1, 0.15) is 12.6 Å². The highest BCUT2D eigenvalue weighted by atomic mass is 32.1. The third-order valence-electron chi connectivity index (χ3n) is 1.83. The van der Waals surface area contributed by atoms with Gasteiger partial charge in [0, 0.05) is 11.9 Å². The molecule has 1 atom stereocenters. The topological polar surface area (TPSA) is 37.0 Å². The predicted octanol–water partition coefficient (Wildman–Crippen LogP) is 1.09. The van der Waals surface area contributed by atoms with Crippen LogP contribution in [0.2, 0.25) is 0 Å². The molecule has 1 aromatic rings. The Bertz CT molecular complexity index is 211. The first-order valence-electron chi connectivity index (χ1n) is 4.55. The SMILES string of the molecule is CNCC(C)CNCc1cscn1. The number of rotatable bonds is 6. The molecular formula is C9H17N3S. The molecule has 1 heterocycles. The fourth-order valence-corrected chi connectivity index (χ4v) is 1.75. The Balaban J connectivity index is 2.07. The molecule has 0 saturated carbocycles. The van der Waals surface area contributed by atoms with Gasteiger partial charge in [-0.1, -0.05) is 6.92 Å². The van der Waals surface area contributed by atoms with E-state index in [1.165, 1.54) is 0 Å². The monoisotopic (exact) mass is 199 g/mol. The lowest BCUT2D eigenvalue weighted by Crippen LogP contribution is -2.27. The second kappa shape index (κ2) is 6.07. The van der Waals surface area contributed by atoms with Crippen molar-refractivity contribution in [2.24, 2.45) is 5.92 Å². The summed E-state index contributed by atoms with van der Waals surface area (Å²) in [6, 6.07) is 0. The van der Waals surface area contributed by atoms with Crippen LogP contribution >= 0.6 is 11.3 Å². The van der Waals surface area contributed by atoms with E-state index in [9.17, 15) is 0 Å². The molecule has 0 saturated heterocycles. The van der Waals surface area contributed by atoms with Crippen LogP contribution in [0, 0.1) is 5.92 Å². The Kier molecular flexibility index (Phi) is 4.97. The third kappa shape index (κ3) is 4.36. The maximum atomic E-state index is 4.20. The molecule has 1 unspecified atom stereocenters. The second-order valence-electron chi connectivity index (χ2n) is 3.27. The molecule has 4 heteroatoms. The standard InChI is InChI=1S/C9H17N3S/c1-8(3-10-2)4-11-5-9-6-13-7-12-9/h6-8,10-11H,3-5H2,1-2H3. The molecule has 13 heavy (non-hydrogen) atoms. The van der Waals surface area contributed by atoms with Crippen molar-refractivity contribution in [2.45, 2.75) is 13.5 Å². The summed E-state index contributed by atoms with van der Waals surface area (Å²) in [5.74, 6) is 0.670. The lowest BCUT2D eigenvalue weighted by atomic mass is 10.2.